The lowest BCUT2D eigenvalue weighted by Crippen LogP contribution is -2.30. The van der Waals surface area contributed by atoms with Crippen LogP contribution in [0, 0.1) is 5.92 Å². The zero-order chi connectivity index (χ0) is 10.8. The number of nitrogen functional groups attached to an aromatic ring is 1. The van der Waals surface area contributed by atoms with Crippen LogP contribution in [0.25, 0.3) is 0 Å². The number of nitrogens with one attached hydrogen (secondary N) is 1. The van der Waals surface area contributed by atoms with Crippen LogP contribution in [0.15, 0.2) is 0 Å². The fourth-order valence-electron chi connectivity index (χ4n) is 1.69. The van der Waals surface area contributed by atoms with E-state index in [-0.39, 0.29) is 30.2 Å². The van der Waals surface area contributed by atoms with Gasteiger partial charge in [-0.3, -0.25) is 9.89 Å². The van der Waals surface area contributed by atoms with Crippen molar-refractivity contribution in [2.75, 3.05) is 25.4 Å². The molecule has 0 aliphatic carbocycles. The summed E-state index contributed by atoms with van der Waals surface area (Å²) in [6.07, 6.45) is 0.825. The fraction of sp³-hybridized carbons (Fsp3) is 0.625. The van der Waals surface area contributed by atoms with Crippen LogP contribution in [0.3, 0.4) is 0 Å². The van der Waals surface area contributed by atoms with Gasteiger partial charge in [0.15, 0.2) is 0 Å². The monoisotopic (exact) mass is 211 g/mol. The normalized spacial score (nSPS) is 20.9. The van der Waals surface area contributed by atoms with Crippen LogP contribution in [-0.4, -0.2) is 50.8 Å². The highest BCUT2D eigenvalue weighted by atomic mass is 16.3. The van der Waals surface area contributed by atoms with Gasteiger partial charge in [0.25, 0.3) is 5.91 Å². The topological polar surface area (TPSA) is 108 Å². The summed E-state index contributed by atoms with van der Waals surface area (Å²) in [4.78, 5) is 17.2. The minimum atomic E-state index is -0.213. The van der Waals surface area contributed by atoms with Crippen LogP contribution in [-0.2, 0) is 0 Å². The van der Waals surface area contributed by atoms with Crippen LogP contribution < -0.4 is 5.73 Å². The number of anilines is 1. The Balaban J connectivity index is 2.03. The number of nitrogens with two attached hydrogens (primary N) is 1. The number of carbonyl (C=O) groups excluding carboxylic acids is 1. The van der Waals surface area contributed by atoms with Gasteiger partial charge in [-0.15, -0.1) is 5.10 Å². The third-order valence-corrected chi connectivity index (χ3v) is 2.54. The Kier molecular flexibility index (Phi) is 2.55. The minimum Gasteiger partial charge on any atom is -0.396 e. The molecule has 4 N–H and O–H groups in total. The highest BCUT2D eigenvalue weighted by Gasteiger charge is 2.27. The molecule has 2 rings (SSSR count). The van der Waals surface area contributed by atoms with Crippen molar-refractivity contribution in [3.63, 3.8) is 0 Å². The molecular formula is C8H13N5O2. The molecule has 1 aromatic rings. The summed E-state index contributed by atoms with van der Waals surface area (Å²) in [5, 5.41) is 15.0. The van der Waals surface area contributed by atoms with Crippen molar-refractivity contribution in [2.24, 2.45) is 5.92 Å². The van der Waals surface area contributed by atoms with Gasteiger partial charge in [-0.2, -0.15) is 4.98 Å². The van der Waals surface area contributed by atoms with Gasteiger partial charge in [0.1, 0.15) is 0 Å². The van der Waals surface area contributed by atoms with E-state index in [9.17, 15) is 4.79 Å². The molecule has 15 heavy (non-hydrogen) atoms. The van der Waals surface area contributed by atoms with Gasteiger partial charge in [0, 0.05) is 25.6 Å². The van der Waals surface area contributed by atoms with E-state index in [2.05, 4.69) is 15.2 Å². The quantitative estimate of drug-likeness (QED) is 0.572. The molecule has 1 atom stereocenters. The lowest BCUT2D eigenvalue weighted by atomic mass is 10.1. The zero-order valence-electron chi connectivity index (χ0n) is 8.18. The SMILES string of the molecule is Nc1n[nH]c(C(=O)N2CCC(CO)C2)n1. The molecule has 1 aliphatic rings. The van der Waals surface area contributed by atoms with Gasteiger partial charge >= 0.3 is 0 Å². The first-order chi connectivity index (χ1) is 7.20. The lowest BCUT2D eigenvalue weighted by Gasteiger charge is -2.13. The van der Waals surface area contributed by atoms with E-state index >= 15 is 0 Å². The van der Waals surface area contributed by atoms with Crippen molar-refractivity contribution in [3.8, 4) is 0 Å². The number of aliphatic hydroxyl groups is 1. The maximum atomic E-state index is 11.8. The second-order valence-electron chi connectivity index (χ2n) is 3.63. The summed E-state index contributed by atoms with van der Waals surface area (Å²) in [5.74, 6) is 0.187. The Morgan fingerprint density at radius 3 is 3.07 bits per heavy atom. The molecule has 7 nitrogen and oxygen atoms in total. The molecule has 0 radical (unpaired) electrons. The van der Waals surface area contributed by atoms with Gasteiger partial charge in [-0.05, 0) is 6.42 Å². The number of amides is 1. The summed E-state index contributed by atoms with van der Waals surface area (Å²) in [6, 6.07) is 0. The lowest BCUT2D eigenvalue weighted by molar-refractivity contribution is 0.0770. The summed E-state index contributed by atoms with van der Waals surface area (Å²) >= 11 is 0. The number of aliphatic hydroxyl groups excluding tert-OH is 1. The van der Waals surface area contributed by atoms with Crippen molar-refractivity contribution in [1.29, 1.82) is 0 Å². The van der Waals surface area contributed by atoms with Crippen molar-refractivity contribution in [1.82, 2.24) is 20.1 Å². The van der Waals surface area contributed by atoms with E-state index in [4.69, 9.17) is 10.8 Å². The standard InChI is InChI=1S/C8H13N5O2/c9-8-10-6(11-12-8)7(15)13-2-1-5(3-13)4-14/h5,14H,1-4H2,(H3,9,10,11,12). The molecule has 1 saturated heterocycles. The predicted octanol–water partition coefficient (Wildman–Crippen LogP) is -1.16. The van der Waals surface area contributed by atoms with E-state index < -0.39 is 0 Å². The number of nitrogens with zero attached hydrogens (tertiary/aromatic N) is 3. The second-order valence-corrected chi connectivity index (χ2v) is 3.63. The van der Waals surface area contributed by atoms with Crippen molar-refractivity contribution >= 4 is 11.9 Å². The highest BCUT2D eigenvalue weighted by molar-refractivity contribution is 5.90. The van der Waals surface area contributed by atoms with E-state index in [1.807, 2.05) is 0 Å². The Labute approximate surface area is 86.3 Å². The maximum absolute atomic E-state index is 11.8. The molecule has 1 aromatic heterocycles. The minimum absolute atomic E-state index is 0.0660. The van der Waals surface area contributed by atoms with Crippen molar-refractivity contribution in [3.05, 3.63) is 5.82 Å². The Morgan fingerprint density at radius 2 is 2.53 bits per heavy atom. The molecule has 82 valence electrons. The largest absolute Gasteiger partial charge is 0.396 e. The van der Waals surface area contributed by atoms with Crippen molar-refractivity contribution in [2.45, 2.75) is 6.42 Å². The van der Waals surface area contributed by atoms with Gasteiger partial charge in [0.2, 0.25) is 11.8 Å². The number of hydrogen-bond acceptors (Lipinski definition) is 5. The van der Waals surface area contributed by atoms with E-state index in [1.54, 1.807) is 4.90 Å². The number of rotatable bonds is 2. The van der Waals surface area contributed by atoms with Crippen LogP contribution in [0.2, 0.25) is 0 Å². The summed E-state index contributed by atoms with van der Waals surface area (Å²) in [6.45, 7) is 1.32. The van der Waals surface area contributed by atoms with Crippen LogP contribution in [0.4, 0.5) is 5.95 Å². The average molecular weight is 211 g/mol. The van der Waals surface area contributed by atoms with Crippen LogP contribution in [0.1, 0.15) is 17.0 Å². The summed E-state index contributed by atoms with van der Waals surface area (Å²) in [5.41, 5.74) is 5.30. The molecule has 7 heteroatoms. The highest BCUT2D eigenvalue weighted by Crippen LogP contribution is 2.16. The Hall–Kier alpha value is -1.63. The third kappa shape index (κ3) is 1.91. The Morgan fingerprint density at radius 1 is 1.73 bits per heavy atom. The predicted molar refractivity (Wildman–Crippen MR) is 51.9 cm³/mol. The number of aromatic nitrogens is 3. The van der Waals surface area contributed by atoms with Crippen LogP contribution >= 0.6 is 0 Å². The number of hydrogen-bond donors (Lipinski definition) is 3. The average Bonchev–Trinajstić information content (AvgIpc) is 2.84. The second kappa shape index (κ2) is 3.85. The molecule has 2 heterocycles. The summed E-state index contributed by atoms with van der Waals surface area (Å²) < 4.78 is 0. The number of aromatic amines is 1. The van der Waals surface area contributed by atoms with E-state index in [1.165, 1.54) is 0 Å². The Bertz CT molecular complexity index is 364. The third-order valence-electron chi connectivity index (χ3n) is 2.54. The van der Waals surface area contributed by atoms with Gasteiger partial charge in [-0.1, -0.05) is 0 Å². The first-order valence-corrected chi connectivity index (χ1v) is 4.78. The number of likely N-dealkylation sites (tertiary alicyclic amines) is 1. The van der Waals surface area contributed by atoms with E-state index in [0.717, 1.165) is 6.42 Å². The molecule has 1 aliphatic heterocycles. The molecule has 0 spiro atoms. The fourth-order valence-corrected chi connectivity index (χ4v) is 1.69. The smallest absolute Gasteiger partial charge is 0.291 e. The molecule has 1 unspecified atom stereocenters. The van der Waals surface area contributed by atoms with Gasteiger partial charge < -0.3 is 15.7 Å². The zero-order valence-corrected chi connectivity index (χ0v) is 8.18. The molecular weight excluding hydrogens is 198 g/mol. The van der Waals surface area contributed by atoms with E-state index in [0.29, 0.717) is 13.1 Å². The van der Waals surface area contributed by atoms with Crippen molar-refractivity contribution < 1.29 is 9.90 Å². The van der Waals surface area contributed by atoms with Gasteiger partial charge in [0.05, 0.1) is 0 Å². The molecule has 1 fully saturated rings. The molecule has 0 saturated carbocycles. The maximum Gasteiger partial charge on any atom is 0.291 e. The number of H-pyrrole nitrogens is 1. The first kappa shape index (κ1) is 9.91. The molecule has 1 amide bonds. The van der Waals surface area contributed by atoms with Gasteiger partial charge in [-0.25, -0.2) is 0 Å². The molecule has 0 aromatic carbocycles. The van der Waals surface area contributed by atoms with Crippen LogP contribution in [0.5, 0.6) is 0 Å². The number of carbonyl (C=O) groups is 1. The summed E-state index contributed by atoms with van der Waals surface area (Å²) in [7, 11) is 0. The first-order valence-electron chi connectivity index (χ1n) is 4.78. The molecule has 0 bridgehead atoms.